The lowest BCUT2D eigenvalue weighted by Gasteiger charge is -2.27. The molecular weight excluding hydrogens is 353 g/mol. The van der Waals surface area contributed by atoms with Gasteiger partial charge >= 0.3 is 0 Å². The Labute approximate surface area is 156 Å². The first-order valence-corrected chi connectivity index (χ1v) is 8.53. The SMILES string of the molecule is N#CC(Cc1ccc(Cl)cc1)(Cc1cnccn1)c1ccc(Cl)cc1. The molecule has 3 nitrogen and oxygen atoms in total. The molecule has 5 heteroatoms. The van der Waals surface area contributed by atoms with E-state index in [0.29, 0.717) is 22.9 Å². The maximum atomic E-state index is 10.1. The zero-order valence-electron chi connectivity index (χ0n) is 13.4. The van der Waals surface area contributed by atoms with Gasteiger partial charge in [0.2, 0.25) is 0 Å². The summed E-state index contributed by atoms with van der Waals surface area (Å²) in [4.78, 5) is 8.47. The van der Waals surface area contributed by atoms with E-state index in [1.807, 2.05) is 48.5 Å². The molecule has 2 aromatic carbocycles. The van der Waals surface area contributed by atoms with Crippen molar-refractivity contribution < 1.29 is 0 Å². The lowest BCUT2D eigenvalue weighted by Crippen LogP contribution is -2.30. The van der Waals surface area contributed by atoms with Gasteiger partial charge in [-0.2, -0.15) is 5.26 Å². The van der Waals surface area contributed by atoms with Gasteiger partial charge < -0.3 is 0 Å². The molecule has 1 unspecified atom stereocenters. The van der Waals surface area contributed by atoms with Crippen LogP contribution < -0.4 is 0 Å². The summed E-state index contributed by atoms with van der Waals surface area (Å²) in [5.74, 6) is 0. The maximum Gasteiger partial charge on any atom is 0.0918 e. The Hall–Kier alpha value is -2.41. The summed E-state index contributed by atoms with van der Waals surface area (Å²) in [7, 11) is 0. The molecule has 0 N–H and O–H groups in total. The Kier molecular flexibility index (Phi) is 5.33. The van der Waals surface area contributed by atoms with E-state index < -0.39 is 5.41 Å². The number of hydrogen-bond acceptors (Lipinski definition) is 3. The number of halogens is 2. The molecule has 3 aromatic rings. The zero-order valence-corrected chi connectivity index (χ0v) is 14.9. The van der Waals surface area contributed by atoms with Gasteiger partial charge in [-0.25, -0.2) is 0 Å². The summed E-state index contributed by atoms with van der Waals surface area (Å²) in [6.07, 6.45) is 5.96. The van der Waals surface area contributed by atoms with E-state index in [4.69, 9.17) is 23.2 Å². The summed E-state index contributed by atoms with van der Waals surface area (Å²) < 4.78 is 0. The predicted molar refractivity (Wildman–Crippen MR) is 99.6 cm³/mol. The van der Waals surface area contributed by atoms with Gasteiger partial charge in [-0.15, -0.1) is 0 Å². The van der Waals surface area contributed by atoms with Crippen LogP contribution in [0.25, 0.3) is 0 Å². The van der Waals surface area contributed by atoms with Crippen LogP contribution in [0.15, 0.2) is 67.1 Å². The summed E-state index contributed by atoms with van der Waals surface area (Å²) >= 11 is 12.0. The molecule has 0 aliphatic rings. The lowest BCUT2D eigenvalue weighted by molar-refractivity contribution is 0.533. The minimum absolute atomic E-state index is 0.460. The molecule has 0 amide bonds. The number of aromatic nitrogens is 2. The maximum absolute atomic E-state index is 10.1. The van der Waals surface area contributed by atoms with E-state index in [0.717, 1.165) is 16.8 Å². The highest BCUT2D eigenvalue weighted by molar-refractivity contribution is 6.30. The number of benzene rings is 2. The predicted octanol–water partition coefficient (Wildman–Crippen LogP) is 5.03. The average molecular weight is 368 g/mol. The van der Waals surface area contributed by atoms with Gasteiger partial charge in [-0.05, 0) is 41.8 Å². The highest BCUT2D eigenvalue weighted by atomic mass is 35.5. The van der Waals surface area contributed by atoms with Crippen molar-refractivity contribution in [2.45, 2.75) is 18.3 Å². The van der Waals surface area contributed by atoms with Crippen molar-refractivity contribution >= 4 is 23.2 Å². The monoisotopic (exact) mass is 367 g/mol. The lowest BCUT2D eigenvalue weighted by atomic mass is 9.73. The number of rotatable bonds is 5. The third kappa shape index (κ3) is 4.17. The van der Waals surface area contributed by atoms with Crippen molar-refractivity contribution in [3.05, 3.63) is 94.0 Å². The van der Waals surface area contributed by atoms with Gasteiger partial charge in [0.25, 0.3) is 0 Å². The second kappa shape index (κ2) is 7.65. The van der Waals surface area contributed by atoms with Crippen LogP contribution in [0.2, 0.25) is 10.0 Å². The van der Waals surface area contributed by atoms with Gasteiger partial charge in [-0.3, -0.25) is 9.97 Å². The van der Waals surface area contributed by atoms with Crippen LogP contribution in [0.1, 0.15) is 16.8 Å². The fraction of sp³-hybridized carbons (Fsp3) is 0.150. The van der Waals surface area contributed by atoms with E-state index >= 15 is 0 Å². The van der Waals surface area contributed by atoms with Gasteiger partial charge in [0.1, 0.15) is 0 Å². The first-order chi connectivity index (χ1) is 12.1. The molecule has 0 aliphatic heterocycles. The van der Waals surface area contributed by atoms with Crippen LogP contribution in [-0.4, -0.2) is 9.97 Å². The first kappa shape index (κ1) is 17.4. The fourth-order valence-electron chi connectivity index (χ4n) is 2.86. The Morgan fingerprint density at radius 1 is 0.880 bits per heavy atom. The van der Waals surface area contributed by atoms with Crippen molar-refractivity contribution in [3.8, 4) is 6.07 Å². The highest BCUT2D eigenvalue weighted by Crippen LogP contribution is 2.32. The van der Waals surface area contributed by atoms with Gasteiger partial charge in [0.15, 0.2) is 0 Å². The molecule has 1 atom stereocenters. The topological polar surface area (TPSA) is 49.6 Å². The molecule has 0 aliphatic carbocycles. The summed E-state index contributed by atoms with van der Waals surface area (Å²) in [6, 6.07) is 17.5. The van der Waals surface area contributed by atoms with Gasteiger partial charge in [-0.1, -0.05) is 47.5 Å². The Morgan fingerprint density at radius 2 is 1.52 bits per heavy atom. The molecule has 3 rings (SSSR count). The highest BCUT2D eigenvalue weighted by Gasteiger charge is 2.33. The Morgan fingerprint density at radius 3 is 2.08 bits per heavy atom. The van der Waals surface area contributed by atoms with Crippen LogP contribution >= 0.6 is 23.2 Å². The molecule has 1 aromatic heterocycles. The number of hydrogen-bond donors (Lipinski definition) is 0. The van der Waals surface area contributed by atoms with Crippen molar-refractivity contribution in [2.75, 3.05) is 0 Å². The minimum atomic E-state index is -0.769. The molecule has 0 fully saturated rings. The quantitative estimate of drug-likeness (QED) is 0.635. The van der Waals surface area contributed by atoms with Crippen molar-refractivity contribution in [1.29, 1.82) is 5.26 Å². The van der Waals surface area contributed by atoms with Gasteiger partial charge in [0, 0.05) is 35.1 Å². The largest absolute Gasteiger partial charge is 0.261 e. The number of nitriles is 1. The molecule has 0 spiro atoms. The van der Waals surface area contributed by atoms with E-state index in [1.54, 1.807) is 18.6 Å². The van der Waals surface area contributed by atoms with E-state index in [1.165, 1.54) is 0 Å². The van der Waals surface area contributed by atoms with Crippen LogP contribution in [0.3, 0.4) is 0 Å². The van der Waals surface area contributed by atoms with Crippen LogP contribution in [0, 0.1) is 11.3 Å². The van der Waals surface area contributed by atoms with Crippen molar-refractivity contribution in [1.82, 2.24) is 9.97 Å². The summed E-state index contributed by atoms with van der Waals surface area (Å²) in [6.45, 7) is 0. The van der Waals surface area contributed by atoms with Crippen molar-refractivity contribution in [2.24, 2.45) is 0 Å². The zero-order chi connectivity index (χ0) is 17.7. The molecular formula is C20H15Cl2N3. The molecule has 0 saturated heterocycles. The van der Waals surface area contributed by atoms with Crippen molar-refractivity contribution in [3.63, 3.8) is 0 Å². The summed E-state index contributed by atoms with van der Waals surface area (Å²) in [5, 5.41) is 11.4. The van der Waals surface area contributed by atoms with Crippen LogP contribution in [0.4, 0.5) is 0 Å². The summed E-state index contributed by atoms with van der Waals surface area (Å²) in [5.41, 5.74) is 1.94. The van der Waals surface area contributed by atoms with Crippen LogP contribution in [-0.2, 0) is 18.3 Å². The van der Waals surface area contributed by atoms with E-state index in [-0.39, 0.29) is 0 Å². The smallest absolute Gasteiger partial charge is 0.0918 e. The Bertz CT molecular complexity index is 872. The molecule has 1 heterocycles. The van der Waals surface area contributed by atoms with Crippen LogP contribution in [0.5, 0.6) is 0 Å². The third-order valence-corrected chi connectivity index (χ3v) is 4.63. The fourth-order valence-corrected chi connectivity index (χ4v) is 3.11. The molecule has 0 saturated carbocycles. The minimum Gasteiger partial charge on any atom is -0.261 e. The third-order valence-electron chi connectivity index (χ3n) is 4.13. The molecule has 0 radical (unpaired) electrons. The second-order valence-electron chi connectivity index (χ2n) is 5.88. The molecule has 124 valence electrons. The normalized spacial score (nSPS) is 13.0. The second-order valence-corrected chi connectivity index (χ2v) is 6.75. The molecule has 0 bridgehead atoms. The first-order valence-electron chi connectivity index (χ1n) is 7.78. The standard InChI is InChI=1S/C20H15Cl2N3/c21-17-5-1-15(2-6-17)11-20(14-23,12-19-13-24-9-10-25-19)16-3-7-18(22)8-4-16/h1-10,13H,11-12H2. The number of nitrogens with zero attached hydrogens (tertiary/aromatic N) is 3. The van der Waals surface area contributed by atoms with Gasteiger partial charge in [0.05, 0.1) is 17.2 Å². The average Bonchev–Trinajstić information content (AvgIpc) is 2.64. The molecule has 25 heavy (non-hydrogen) atoms. The Balaban J connectivity index is 2.03. The van der Waals surface area contributed by atoms with E-state index in [9.17, 15) is 5.26 Å². The van der Waals surface area contributed by atoms with E-state index in [2.05, 4.69) is 16.0 Å².